The van der Waals surface area contributed by atoms with Crippen molar-refractivity contribution < 1.29 is 19.4 Å². The molecule has 0 aliphatic heterocycles. The number of rotatable bonds is 5. The number of aromatic carboxylic acids is 1. The van der Waals surface area contributed by atoms with E-state index in [4.69, 9.17) is 9.84 Å². The Balaban J connectivity index is 2.14. The van der Waals surface area contributed by atoms with Gasteiger partial charge in [-0.2, -0.15) is 0 Å². The minimum Gasteiger partial charge on any atom is -0.496 e. The molecular formula is C16H15NO4. The van der Waals surface area contributed by atoms with Gasteiger partial charge in [0.15, 0.2) is 0 Å². The lowest BCUT2D eigenvalue weighted by Gasteiger charge is -2.10. The van der Waals surface area contributed by atoms with Crippen LogP contribution >= 0.6 is 0 Å². The maximum atomic E-state index is 12.1. The summed E-state index contributed by atoms with van der Waals surface area (Å²) in [6, 6.07) is 13.4. The highest BCUT2D eigenvalue weighted by atomic mass is 16.5. The van der Waals surface area contributed by atoms with Gasteiger partial charge >= 0.3 is 5.97 Å². The minimum absolute atomic E-state index is 0.0185. The number of hydrogen-bond donors (Lipinski definition) is 2. The van der Waals surface area contributed by atoms with Gasteiger partial charge in [-0.25, -0.2) is 4.79 Å². The standard InChI is InChI=1S/C16H15NO4/c1-21-14-9-5-2-6-11(14)10-17-15(18)12-7-3-4-8-13(12)16(19)20/h2-9H,10H2,1H3,(H,17,18)(H,19,20). The second kappa shape index (κ2) is 6.56. The largest absolute Gasteiger partial charge is 0.496 e. The molecule has 0 radical (unpaired) electrons. The summed E-state index contributed by atoms with van der Waals surface area (Å²) >= 11 is 0. The van der Waals surface area contributed by atoms with Gasteiger partial charge < -0.3 is 15.2 Å². The molecule has 0 heterocycles. The van der Waals surface area contributed by atoms with Gasteiger partial charge in [-0.05, 0) is 18.2 Å². The summed E-state index contributed by atoms with van der Waals surface area (Å²) in [5, 5.41) is 11.8. The van der Waals surface area contributed by atoms with Crippen LogP contribution in [0, 0.1) is 0 Å². The topological polar surface area (TPSA) is 75.6 Å². The van der Waals surface area contributed by atoms with Crippen LogP contribution in [-0.4, -0.2) is 24.1 Å². The fourth-order valence-electron chi connectivity index (χ4n) is 1.99. The van der Waals surface area contributed by atoms with Gasteiger partial charge in [-0.15, -0.1) is 0 Å². The summed E-state index contributed by atoms with van der Waals surface area (Å²) in [7, 11) is 1.56. The van der Waals surface area contributed by atoms with Crippen LogP contribution in [0.2, 0.25) is 0 Å². The fraction of sp³-hybridized carbons (Fsp3) is 0.125. The van der Waals surface area contributed by atoms with E-state index in [-0.39, 0.29) is 17.7 Å². The average Bonchev–Trinajstić information content (AvgIpc) is 2.52. The molecule has 0 saturated carbocycles. The van der Waals surface area contributed by atoms with E-state index in [1.165, 1.54) is 12.1 Å². The first-order valence-corrected chi connectivity index (χ1v) is 6.36. The Morgan fingerprint density at radius 3 is 2.33 bits per heavy atom. The van der Waals surface area contributed by atoms with E-state index in [0.717, 1.165) is 5.56 Å². The Labute approximate surface area is 122 Å². The van der Waals surface area contributed by atoms with Crippen LogP contribution < -0.4 is 10.1 Å². The van der Waals surface area contributed by atoms with Crippen LogP contribution in [0.25, 0.3) is 0 Å². The third-order valence-electron chi connectivity index (χ3n) is 3.03. The molecule has 21 heavy (non-hydrogen) atoms. The van der Waals surface area contributed by atoms with Gasteiger partial charge in [-0.3, -0.25) is 4.79 Å². The Hall–Kier alpha value is -2.82. The summed E-state index contributed by atoms with van der Waals surface area (Å²) in [6.45, 7) is 0.261. The third kappa shape index (κ3) is 3.39. The van der Waals surface area contributed by atoms with Crippen molar-refractivity contribution in [2.24, 2.45) is 0 Å². The van der Waals surface area contributed by atoms with E-state index in [9.17, 15) is 9.59 Å². The minimum atomic E-state index is -1.13. The molecule has 2 aromatic carbocycles. The van der Waals surface area contributed by atoms with Crippen LogP contribution in [0.5, 0.6) is 5.75 Å². The lowest BCUT2D eigenvalue weighted by Crippen LogP contribution is -2.25. The summed E-state index contributed by atoms with van der Waals surface area (Å²) < 4.78 is 5.20. The Kier molecular flexibility index (Phi) is 4.56. The van der Waals surface area contributed by atoms with E-state index < -0.39 is 11.9 Å². The molecule has 0 atom stereocenters. The van der Waals surface area contributed by atoms with Crippen LogP contribution in [0.4, 0.5) is 0 Å². The molecule has 108 valence electrons. The zero-order valence-electron chi connectivity index (χ0n) is 11.5. The van der Waals surface area contributed by atoms with Crippen molar-refractivity contribution >= 4 is 11.9 Å². The molecule has 0 aromatic heterocycles. The van der Waals surface area contributed by atoms with Crippen molar-refractivity contribution in [3.05, 3.63) is 65.2 Å². The van der Waals surface area contributed by atoms with Gasteiger partial charge in [0.2, 0.25) is 0 Å². The van der Waals surface area contributed by atoms with Crippen molar-refractivity contribution in [1.29, 1.82) is 0 Å². The smallest absolute Gasteiger partial charge is 0.336 e. The molecule has 2 rings (SSSR count). The zero-order chi connectivity index (χ0) is 15.2. The number of nitrogens with one attached hydrogen (secondary N) is 1. The second-order valence-corrected chi connectivity index (χ2v) is 4.35. The van der Waals surface area contributed by atoms with E-state index in [2.05, 4.69) is 5.32 Å². The maximum Gasteiger partial charge on any atom is 0.336 e. The molecular weight excluding hydrogens is 270 g/mol. The first-order valence-electron chi connectivity index (χ1n) is 6.36. The number of ether oxygens (including phenoxy) is 1. The van der Waals surface area contributed by atoms with Gasteiger partial charge in [0.25, 0.3) is 5.91 Å². The van der Waals surface area contributed by atoms with E-state index in [0.29, 0.717) is 5.75 Å². The number of methoxy groups -OCH3 is 1. The number of carboxylic acid groups (broad SMARTS) is 1. The Morgan fingerprint density at radius 1 is 1.05 bits per heavy atom. The molecule has 0 fully saturated rings. The lowest BCUT2D eigenvalue weighted by molar-refractivity contribution is 0.0691. The number of amides is 1. The summed E-state index contributed by atoms with van der Waals surface area (Å²) in [6.07, 6.45) is 0. The predicted octanol–water partition coefficient (Wildman–Crippen LogP) is 2.32. The molecule has 1 amide bonds. The Bertz CT molecular complexity index is 667. The lowest BCUT2D eigenvalue weighted by atomic mass is 10.1. The van der Waals surface area contributed by atoms with Crippen molar-refractivity contribution in [1.82, 2.24) is 5.32 Å². The third-order valence-corrected chi connectivity index (χ3v) is 3.03. The number of hydrogen-bond acceptors (Lipinski definition) is 3. The number of carbonyl (C=O) groups is 2. The van der Waals surface area contributed by atoms with Crippen LogP contribution in [0.15, 0.2) is 48.5 Å². The van der Waals surface area contributed by atoms with E-state index >= 15 is 0 Å². The quantitative estimate of drug-likeness (QED) is 0.884. The second-order valence-electron chi connectivity index (χ2n) is 4.35. The number of para-hydroxylation sites is 1. The molecule has 5 heteroatoms. The number of carboxylic acids is 1. The van der Waals surface area contributed by atoms with Gasteiger partial charge in [0.05, 0.1) is 18.2 Å². The summed E-state index contributed by atoms with van der Waals surface area (Å²) in [5.74, 6) is -0.888. The fourth-order valence-corrected chi connectivity index (χ4v) is 1.99. The SMILES string of the molecule is COc1ccccc1CNC(=O)c1ccccc1C(=O)O. The van der Waals surface area contributed by atoms with Crippen molar-refractivity contribution in [3.63, 3.8) is 0 Å². The highest BCUT2D eigenvalue weighted by Gasteiger charge is 2.15. The van der Waals surface area contributed by atoms with Crippen molar-refractivity contribution in [2.45, 2.75) is 6.54 Å². The van der Waals surface area contributed by atoms with Gasteiger partial charge in [-0.1, -0.05) is 30.3 Å². The zero-order valence-corrected chi connectivity index (χ0v) is 11.5. The average molecular weight is 285 g/mol. The predicted molar refractivity (Wildman–Crippen MR) is 77.6 cm³/mol. The molecule has 5 nitrogen and oxygen atoms in total. The van der Waals surface area contributed by atoms with E-state index in [1.54, 1.807) is 25.3 Å². The molecule has 0 bridgehead atoms. The van der Waals surface area contributed by atoms with Crippen LogP contribution in [0.3, 0.4) is 0 Å². The molecule has 0 aliphatic carbocycles. The van der Waals surface area contributed by atoms with Crippen LogP contribution in [0.1, 0.15) is 26.3 Å². The normalized spacial score (nSPS) is 9.95. The van der Waals surface area contributed by atoms with Crippen molar-refractivity contribution in [2.75, 3.05) is 7.11 Å². The first kappa shape index (κ1) is 14.6. The maximum absolute atomic E-state index is 12.1. The summed E-state index contributed by atoms with van der Waals surface area (Å²) in [4.78, 5) is 23.2. The van der Waals surface area contributed by atoms with Crippen LogP contribution in [-0.2, 0) is 6.54 Å². The summed E-state index contributed by atoms with van der Waals surface area (Å²) in [5.41, 5.74) is 0.941. The van der Waals surface area contributed by atoms with E-state index in [1.807, 2.05) is 18.2 Å². The molecule has 0 spiro atoms. The highest BCUT2D eigenvalue weighted by molar-refractivity contribution is 6.04. The molecule has 2 N–H and O–H groups in total. The molecule has 2 aromatic rings. The van der Waals surface area contributed by atoms with Gasteiger partial charge in [0.1, 0.15) is 5.75 Å². The molecule has 0 saturated heterocycles. The van der Waals surface area contributed by atoms with Gasteiger partial charge in [0, 0.05) is 12.1 Å². The van der Waals surface area contributed by atoms with Crippen molar-refractivity contribution in [3.8, 4) is 5.75 Å². The number of carbonyl (C=O) groups excluding carboxylic acids is 1. The Morgan fingerprint density at radius 2 is 1.67 bits per heavy atom. The highest BCUT2D eigenvalue weighted by Crippen LogP contribution is 2.17. The monoisotopic (exact) mass is 285 g/mol. The molecule has 0 unspecified atom stereocenters. The molecule has 0 aliphatic rings. The number of benzene rings is 2. The first-order chi connectivity index (χ1) is 10.1.